The van der Waals surface area contributed by atoms with E-state index in [1.807, 2.05) is 18.3 Å². The van der Waals surface area contributed by atoms with E-state index < -0.39 is 0 Å². The summed E-state index contributed by atoms with van der Waals surface area (Å²) in [5, 5.41) is 0. The van der Waals surface area contributed by atoms with E-state index in [0.717, 1.165) is 24.5 Å². The fourth-order valence-electron chi connectivity index (χ4n) is 2.17. The van der Waals surface area contributed by atoms with Crippen LogP contribution in [0.15, 0.2) is 18.3 Å². The average molecular weight is 241 g/mol. The summed E-state index contributed by atoms with van der Waals surface area (Å²) < 4.78 is 5.71. The van der Waals surface area contributed by atoms with Crippen LogP contribution in [0.25, 0.3) is 0 Å². The summed E-state index contributed by atoms with van der Waals surface area (Å²) >= 11 is 5.93. The Kier molecular flexibility index (Phi) is 3.66. The van der Waals surface area contributed by atoms with Crippen LogP contribution in [0.1, 0.15) is 19.4 Å². The van der Waals surface area contributed by atoms with Crippen molar-refractivity contribution in [1.82, 2.24) is 4.98 Å². The first-order valence-electron chi connectivity index (χ1n) is 5.61. The first-order valence-corrected chi connectivity index (χ1v) is 6.14. The molecular weight excluding hydrogens is 224 g/mol. The topological polar surface area (TPSA) is 25.4 Å². The van der Waals surface area contributed by atoms with Crippen molar-refractivity contribution in [3.05, 3.63) is 23.9 Å². The maximum atomic E-state index is 5.93. The summed E-state index contributed by atoms with van der Waals surface area (Å²) in [4.78, 5) is 6.69. The van der Waals surface area contributed by atoms with Gasteiger partial charge in [0.15, 0.2) is 0 Å². The van der Waals surface area contributed by atoms with Crippen molar-refractivity contribution >= 4 is 17.4 Å². The number of rotatable bonds is 2. The van der Waals surface area contributed by atoms with Crippen molar-refractivity contribution in [1.29, 1.82) is 0 Å². The van der Waals surface area contributed by atoms with Gasteiger partial charge in [-0.15, -0.1) is 11.6 Å². The second kappa shape index (κ2) is 5.02. The molecule has 2 rings (SSSR count). The molecule has 1 aliphatic rings. The van der Waals surface area contributed by atoms with Crippen molar-refractivity contribution in [2.75, 3.05) is 18.0 Å². The minimum atomic E-state index is 0.244. The van der Waals surface area contributed by atoms with E-state index in [9.17, 15) is 0 Å². The van der Waals surface area contributed by atoms with Gasteiger partial charge in [0.05, 0.1) is 18.1 Å². The highest BCUT2D eigenvalue weighted by atomic mass is 35.5. The molecule has 0 saturated carbocycles. The van der Waals surface area contributed by atoms with Gasteiger partial charge < -0.3 is 9.64 Å². The lowest BCUT2D eigenvalue weighted by Gasteiger charge is -2.36. The van der Waals surface area contributed by atoms with E-state index in [4.69, 9.17) is 16.3 Å². The van der Waals surface area contributed by atoms with Gasteiger partial charge >= 0.3 is 0 Å². The zero-order chi connectivity index (χ0) is 11.5. The fourth-order valence-corrected chi connectivity index (χ4v) is 2.38. The molecule has 1 saturated heterocycles. The Bertz CT molecular complexity index is 349. The Hall–Kier alpha value is -0.800. The third-order valence-corrected chi connectivity index (χ3v) is 3.02. The number of alkyl halides is 1. The Morgan fingerprint density at radius 1 is 1.44 bits per heavy atom. The van der Waals surface area contributed by atoms with E-state index in [2.05, 4.69) is 23.7 Å². The third kappa shape index (κ3) is 2.47. The molecule has 1 aliphatic heterocycles. The van der Waals surface area contributed by atoms with Crippen LogP contribution in [0.5, 0.6) is 0 Å². The second-order valence-corrected chi connectivity index (χ2v) is 4.55. The zero-order valence-electron chi connectivity index (χ0n) is 9.69. The molecule has 0 N–H and O–H groups in total. The molecule has 88 valence electrons. The number of morpholine rings is 1. The third-order valence-electron chi connectivity index (χ3n) is 2.73. The molecule has 1 aromatic rings. The summed E-state index contributed by atoms with van der Waals surface area (Å²) in [5.41, 5.74) is 1.09. The van der Waals surface area contributed by atoms with Crippen LogP contribution < -0.4 is 4.90 Å². The molecule has 1 aromatic heterocycles. The number of hydrogen-bond donors (Lipinski definition) is 0. The van der Waals surface area contributed by atoms with Gasteiger partial charge in [0, 0.05) is 24.8 Å². The molecule has 0 aliphatic carbocycles. The molecular formula is C12H17ClN2O. The summed E-state index contributed by atoms with van der Waals surface area (Å²) in [5.74, 6) is 1.50. The Balaban J connectivity index is 2.22. The van der Waals surface area contributed by atoms with Crippen LogP contribution >= 0.6 is 11.6 Å². The van der Waals surface area contributed by atoms with E-state index in [1.54, 1.807) is 0 Å². The van der Waals surface area contributed by atoms with Gasteiger partial charge in [-0.05, 0) is 19.9 Å². The molecule has 1 fully saturated rings. The molecule has 0 spiro atoms. The average Bonchev–Trinajstić information content (AvgIpc) is 2.27. The molecule has 0 amide bonds. The lowest BCUT2D eigenvalue weighted by atomic mass is 10.2. The lowest BCUT2D eigenvalue weighted by Crippen LogP contribution is -2.46. The summed E-state index contributed by atoms with van der Waals surface area (Å²) in [7, 11) is 0. The predicted molar refractivity (Wildman–Crippen MR) is 66.0 cm³/mol. The number of ether oxygens (including phenoxy) is 1. The van der Waals surface area contributed by atoms with Crippen molar-refractivity contribution in [3.63, 3.8) is 0 Å². The maximum absolute atomic E-state index is 5.93. The van der Waals surface area contributed by atoms with E-state index in [1.165, 1.54) is 0 Å². The quantitative estimate of drug-likeness (QED) is 0.743. The zero-order valence-corrected chi connectivity index (χ0v) is 10.4. The summed E-state index contributed by atoms with van der Waals surface area (Å²) in [6.45, 7) is 5.94. The molecule has 0 bridgehead atoms. The van der Waals surface area contributed by atoms with E-state index in [-0.39, 0.29) is 12.2 Å². The van der Waals surface area contributed by atoms with Crippen LogP contribution in [0.2, 0.25) is 0 Å². The van der Waals surface area contributed by atoms with Crippen molar-refractivity contribution in [2.45, 2.75) is 31.9 Å². The van der Waals surface area contributed by atoms with Crippen LogP contribution in [-0.2, 0) is 10.6 Å². The first kappa shape index (κ1) is 11.7. The number of anilines is 1. The second-order valence-electron chi connectivity index (χ2n) is 4.28. The molecule has 2 heterocycles. The normalized spacial score (nSPS) is 25.8. The predicted octanol–water partition coefficient (Wildman–Crippen LogP) is 2.43. The molecule has 0 unspecified atom stereocenters. The van der Waals surface area contributed by atoms with Gasteiger partial charge in [0.2, 0.25) is 0 Å². The highest BCUT2D eigenvalue weighted by molar-refractivity contribution is 6.17. The van der Waals surface area contributed by atoms with Crippen molar-refractivity contribution in [3.8, 4) is 0 Å². The van der Waals surface area contributed by atoms with Gasteiger partial charge in [-0.3, -0.25) is 0 Å². The summed E-state index contributed by atoms with van der Waals surface area (Å²) in [6, 6.07) is 3.95. The monoisotopic (exact) mass is 240 g/mol. The molecule has 4 heteroatoms. The lowest BCUT2D eigenvalue weighted by molar-refractivity contribution is -0.00549. The fraction of sp³-hybridized carbons (Fsp3) is 0.583. The number of nitrogens with zero attached hydrogens (tertiary/aromatic N) is 2. The first-order chi connectivity index (χ1) is 7.70. The smallest absolute Gasteiger partial charge is 0.133 e. The van der Waals surface area contributed by atoms with Crippen LogP contribution in [0.3, 0.4) is 0 Å². The maximum Gasteiger partial charge on any atom is 0.133 e. The molecule has 16 heavy (non-hydrogen) atoms. The molecule has 3 nitrogen and oxygen atoms in total. The number of pyridine rings is 1. The van der Waals surface area contributed by atoms with Gasteiger partial charge in [0.1, 0.15) is 5.82 Å². The number of halogens is 1. The number of hydrogen-bond acceptors (Lipinski definition) is 3. The van der Waals surface area contributed by atoms with E-state index >= 15 is 0 Å². The van der Waals surface area contributed by atoms with Gasteiger partial charge in [-0.1, -0.05) is 6.07 Å². The van der Waals surface area contributed by atoms with Crippen molar-refractivity contribution < 1.29 is 4.74 Å². The standard InChI is InChI=1S/C12H17ClN2O/c1-9-7-15(8-10(2)16-9)12-11(6-13)4-3-5-14-12/h3-5,9-10H,6-8H2,1-2H3/t9-,10+. The van der Waals surface area contributed by atoms with Gasteiger partial charge in [-0.2, -0.15) is 0 Å². The summed E-state index contributed by atoms with van der Waals surface area (Å²) in [6.07, 6.45) is 2.30. The highest BCUT2D eigenvalue weighted by Crippen LogP contribution is 2.23. The molecule has 2 atom stereocenters. The number of aromatic nitrogens is 1. The minimum Gasteiger partial charge on any atom is -0.372 e. The highest BCUT2D eigenvalue weighted by Gasteiger charge is 2.24. The largest absolute Gasteiger partial charge is 0.372 e. The van der Waals surface area contributed by atoms with Gasteiger partial charge in [0.25, 0.3) is 0 Å². The Labute approximate surface area is 101 Å². The van der Waals surface area contributed by atoms with Crippen LogP contribution in [0.4, 0.5) is 5.82 Å². The Morgan fingerprint density at radius 2 is 2.12 bits per heavy atom. The van der Waals surface area contributed by atoms with Crippen LogP contribution in [-0.4, -0.2) is 30.3 Å². The molecule has 0 aromatic carbocycles. The Morgan fingerprint density at radius 3 is 2.75 bits per heavy atom. The van der Waals surface area contributed by atoms with Gasteiger partial charge in [-0.25, -0.2) is 4.98 Å². The molecule has 0 radical (unpaired) electrons. The SMILES string of the molecule is C[C@@H]1CN(c2ncccc2CCl)C[C@H](C)O1. The van der Waals surface area contributed by atoms with Crippen LogP contribution in [0, 0.1) is 0 Å². The minimum absolute atomic E-state index is 0.244. The van der Waals surface area contributed by atoms with Crippen molar-refractivity contribution in [2.24, 2.45) is 0 Å². The van der Waals surface area contributed by atoms with E-state index in [0.29, 0.717) is 5.88 Å².